The monoisotopic (exact) mass is 281 g/mol. The quantitative estimate of drug-likeness (QED) is 0.775. The third kappa shape index (κ3) is 2.24. The molecule has 21 heavy (non-hydrogen) atoms. The number of aryl methyl sites for hydroxylation is 4. The van der Waals surface area contributed by atoms with Crippen molar-refractivity contribution < 1.29 is 0 Å². The van der Waals surface area contributed by atoms with E-state index in [-0.39, 0.29) is 5.92 Å². The highest BCUT2D eigenvalue weighted by atomic mass is 15.1. The van der Waals surface area contributed by atoms with Gasteiger partial charge in [-0.3, -0.25) is 15.2 Å². The van der Waals surface area contributed by atoms with E-state index in [1.807, 2.05) is 26.1 Å². The lowest BCUT2D eigenvalue weighted by molar-refractivity contribution is 0.918. The van der Waals surface area contributed by atoms with Gasteiger partial charge in [0.25, 0.3) is 0 Å². The highest BCUT2D eigenvalue weighted by molar-refractivity contribution is 5.48. The summed E-state index contributed by atoms with van der Waals surface area (Å²) in [7, 11) is 0. The molecular weight excluding hydrogens is 262 g/mol. The summed E-state index contributed by atoms with van der Waals surface area (Å²) in [6.07, 6.45) is 3.72. The van der Waals surface area contributed by atoms with E-state index in [4.69, 9.17) is 0 Å². The fraction of sp³-hybridized carbons (Fsp3) is 0.312. The molecule has 0 aliphatic carbocycles. The van der Waals surface area contributed by atoms with Gasteiger partial charge in [0.15, 0.2) is 0 Å². The summed E-state index contributed by atoms with van der Waals surface area (Å²) in [5.41, 5.74) is 7.76. The summed E-state index contributed by atoms with van der Waals surface area (Å²) in [4.78, 5) is 4.28. The number of nitrogens with zero attached hydrogens (tertiary/aromatic N) is 3. The van der Waals surface area contributed by atoms with E-state index in [1.54, 1.807) is 6.20 Å². The number of hydrogen-bond donors (Lipinski definition) is 2. The first kappa shape index (κ1) is 13.5. The van der Waals surface area contributed by atoms with Crippen LogP contribution in [0.5, 0.6) is 0 Å². The lowest BCUT2D eigenvalue weighted by Crippen LogP contribution is -2.08. The molecule has 5 nitrogen and oxygen atoms in total. The minimum Gasteiger partial charge on any atom is -0.282 e. The standard InChI is InChI=1S/C16H19N5/c1-9-14(10(2)19-18-9)16(13-6-5-7-17-8-13)15-11(3)20-21-12(15)4/h5-8,16H,1-4H3,(H,18,19)(H,20,21). The maximum atomic E-state index is 4.36. The molecule has 0 atom stereocenters. The molecule has 0 aliphatic rings. The zero-order valence-corrected chi connectivity index (χ0v) is 12.7. The van der Waals surface area contributed by atoms with E-state index in [1.165, 1.54) is 11.1 Å². The van der Waals surface area contributed by atoms with E-state index in [0.717, 1.165) is 28.3 Å². The molecule has 3 aromatic heterocycles. The Morgan fingerprint density at radius 2 is 1.48 bits per heavy atom. The average molecular weight is 281 g/mol. The highest BCUT2D eigenvalue weighted by Gasteiger charge is 2.27. The van der Waals surface area contributed by atoms with Crippen molar-refractivity contribution in [2.75, 3.05) is 0 Å². The molecule has 0 spiro atoms. The van der Waals surface area contributed by atoms with E-state index < -0.39 is 0 Å². The molecule has 0 aromatic carbocycles. The number of nitrogens with one attached hydrogen (secondary N) is 2. The van der Waals surface area contributed by atoms with Crippen molar-refractivity contribution in [1.29, 1.82) is 0 Å². The van der Waals surface area contributed by atoms with Gasteiger partial charge in [-0.15, -0.1) is 0 Å². The number of aromatic nitrogens is 5. The molecular formula is C16H19N5. The van der Waals surface area contributed by atoms with Crippen molar-refractivity contribution in [2.24, 2.45) is 0 Å². The molecule has 5 heteroatoms. The number of rotatable bonds is 3. The predicted molar refractivity (Wildman–Crippen MR) is 81.3 cm³/mol. The molecule has 0 unspecified atom stereocenters. The molecule has 0 aliphatic heterocycles. The summed E-state index contributed by atoms with van der Waals surface area (Å²) in [5, 5.41) is 14.9. The van der Waals surface area contributed by atoms with Crippen LogP contribution in [0.15, 0.2) is 24.5 Å². The molecule has 0 saturated heterocycles. The van der Waals surface area contributed by atoms with E-state index >= 15 is 0 Å². The first-order valence-electron chi connectivity index (χ1n) is 7.02. The second-order valence-corrected chi connectivity index (χ2v) is 5.41. The third-order valence-electron chi connectivity index (χ3n) is 3.97. The summed E-state index contributed by atoms with van der Waals surface area (Å²) in [6, 6.07) is 4.08. The lowest BCUT2D eigenvalue weighted by Gasteiger charge is -2.19. The molecule has 0 radical (unpaired) electrons. The van der Waals surface area contributed by atoms with Crippen LogP contribution in [0.1, 0.15) is 45.4 Å². The molecule has 0 bridgehead atoms. The first-order valence-corrected chi connectivity index (χ1v) is 7.02. The summed E-state index contributed by atoms with van der Waals surface area (Å²) < 4.78 is 0. The van der Waals surface area contributed by atoms with Crippen molar-refractivity contribution in [3.63, 3.8) is 0 Å². The Morgan fingerprint density at radius 1 is 0.905 bits per heavy atom. The highest BCUT2D eigenvalue weighted by Crippen LogP contribution is 2.37. The van der Waals surface area contributed by atoms with Crippen molar-refractivity contribution >= 4 is 0 Å². The van der Waals surface area contributed by atoms with Crippen molar-refractivity contribution in [3.05, 3.63) is 64.0 Å². The van der Waals surface area contributed by atoms with Crippen LogP contribution in [0.2, 0.25) is 0 Å². The molecule has 2 N–H and O–H groups in total. The maximum absolute atomic E-state index is 4.36. The SMILES string of the molecule is Cc1n[nH]c(C)c1C(c1cccnc1)c1c(C)n[nH]c1C. The Hall–Kier alpha value is -2.43. The van der Waals surface area contributed by atoms with Crippen LogP contribution in [-0.2, 0) is 0 Å². The van der Waals surface area contributed by atoms with Gasteiger partial charge in [-0.1, -0.05) is 6.07 Å². The van der Waals surface area contributed by atoms with Gasteiger partial charge >= 0.3 is 0 Å². The van der Waals surface area contributed by atoms with Gasteiger partial charge < -0.3 is 0 Å². The lowest BCUT2D eigenvalue weighted by atomic mass is 9.83. The fourth-order valence-electron chi connectivity index (χ4n) is 2.99. The molecule has 0 fully saturated rings. The number of H-pyrrole nitrogens is 2. The third-order valence-corrected chi connectivity index (χ3v) is 3.97. The summed E-state index contributed by atoms with van der Waals surface area (Å²) in [5.74, 6) is 0.0937. The largest absolute Gasteiger partial charge is 0.282 e. The van der Waals surface area contributed by atoms with Crippen molar-refractivity contribution in [2.45, 2.75) is 33.6 Å². The van der Waals surface area contributed by atoms with Crippen LogP contribution < -0.4 is 0 Å². The first-order chi connectivity index (χ1) is 10.1. The van der Waals surface area contributed by atoms with Gasteiger partial charge in [-0.25, -0.2) is 0 Å². The van der Waals surface area contributed by atoms with Crippen LogP contribution in [0.3, 0.4) is 0 Å². The number of aromatic amines is 2. The van der Waals surface area contributed by atoms with Gasteiger partial charge in [0.2, 0.25) is 0 Å². The van der Waals surface area contributed by atoms with Crippen LogP contribution in [0.4, 0.5) is 0 Å². The van der Waals surface area contributed by atoms with Crippen LogP contribution >= 0.6 is 0 Å². The molecule has 0 amide bonds. The Balaban J connectivity index is 2.27. The van der Waals surface area contributed by atoms with E-state index in [0.29, 0.717) is 0 Å². The van der Waals surface area contributed by atoms with Gasteiger partial charge in [0.1, 0.15) is 0 Å². The minimum absolute atomic E-state index is 0.0937. The second kappa shape index (κ2) is 5.16. The normalized spacial score (nSPS) is 11.3. The smallest absolute Gasteiger partial charge is 0.0635 e. The molecule has 3 aromatic rings. The summed E-state index contributed by atoms with van der Waals surface area (Å²) >= 11 is 0. The van der Waals surface area contributed by atoms with Gasteiger partial charge in [0, 0.05) is 40.8 Å². The second-order valence-electron chi connectivity index (χ2n) is 5.41. The summed E-state index contributed by atoms with van der Waals surface area (Å²) in [6.45, 7) is 8.19. The maximum Gasteiger partial charge on any atom is 0.0635 e. The topological polar surface area (TPSA) is 70.2 Å². The Morgan fingerprint density at radius 3 is 1.86 bits per heavy atom. The van der Waals surface area contributed by atoms with E-state index in [9.17, 15) is 0 Å². The number of pyridine rings is 1. The Bertz CT molecular complexity index is 669. The van der Waals surface area contributed by atoms with E-state index in [2.05, 4.69) is 45.3 Å². The molecule has 108 valence electrons. The zero-order chi connectivity index (χ0) is 15.0. The average Bonchev–Trinajstić information content (AvgIpc) is 2.98. The number of hydrogen-bond acceptors (Lipinski definition) is 3. The van der Waals surface area contributed by atoms with Crippen LogP contribution in [-0.4, -0.2) is 25.4 Å². The van der Waals surface area contributed by atoms with Crippen LogP contribution in [0.25, 0.3) is 0 Å². The minimum atomic E-state index is 0.0937. The molecule has 0 saturated carbocycles. The molecule has 3 heterocycles. The van der Waals surface area contributed by atoms with Gasteiger partial charge in [0.05, 0.1) is 11.4 Å². The van der Waals surface area contributed by atoms with Gasteiger partial charge in [-0.05, 0) is 39.3 Å². The Kier molecular flexibility index (Phi) is 3.33. The fourth-order valence-corrected chi connectivity index (χ4v) is 2.99. The zero-order valence-electron chi connectivity index (χ0n) is 12.7. The van der Waals surface area contributed by atoms with Crippen LogP contribution in [0, 0.1) is 27.7 Å². The van der Waals surface area contributed by atoms with Crippen molar-refractivity contribution in [3.8, 4) is 0 Å². The van der Waals surface area contributed by atoms with Gasteiger partial charge in [-0.2, -0.15) is 10.2 Å². The van der Waals surface area contributed by atoms with Crippen molar-refractivity contribution in [1.82, 2.24) is 25.4 Å². The Labute approximate surface area is 123 Å². The predicted octanol–water partition coefficient (Wildman–Crippen LogP) is 2.94. The molecule has 3 rings (SSSR count).